The van der Waals surface area contributed by atoms with Crippen LogP contribution in [0.1, 0.15) is 5.01 Å². The lowest BCUT2D eigenvalue weighted by Gasteiger charge is -2.10. The lowest BCUT2D eigenvalue weighted by atomic mass is 10.2. The van der Waals surface area contributed by atoms with Gasteiger partial charge in [0.15, 0.2) is 0 Å². The minimum absolute atomic E-state index is 0.0988. The molecule has 0 fully saturated rings. The van der Waals surface area contributed by atoms with Crippen molar-refractivity contribution in [3.8, 4) is 10.6 Å². The number of fused-ring (bicyclic) bond motifs is 1. The molecular weight excluding hydrogens is 370 g/mol. The van der Waals surface area contributed by atoms with Gasteiger partial charge in [-0.2, -0.15) is 5.10 Å². The van der Waals surface area contributed by atoms with E-state index in [-0.39, 0.29) is 4.90 Å². The van der Waals surface area contributed by atoms with Gasteiger partial charge in [0.25, 0.3) is 10.0 Å². The van der Waals surface area contributed by atoms with Crippen LogP contribution in [-0.4, -0.2) is 28.2 Å². The van der Waals surface area contributed by atoms with Crippen molar-refractivity contribution in [1.29, 1.82) is 0 Å². The number of rotatable bonds is 4. The summed E-state index contributed by atoms with van der Waals surface area (Å²) in [6, 6.07) is 8.61. The average Bonchev–Trinajstić information content (AvgIpc) is 3.22. The Labute approximate surface area is 154 Å². The Kier molecular flexibility index (Phi) is 3.97. The van der Waals surface area contributed by atoms with E-state index in [1.54, 1.807) is 48.4 Å². The number of benzene rings is 1. The van der Waals surface area contributed by atoms with Crippen molar-refractivity contribution in [1.82, 2.24) is 19.7 Å². The Balaban J connectivity index is 1.67. The first-order valence-corrected chi connectivity index (χ1v) is 10.1. The fourth-order valence-corrected chi connectivity index (χ4v) is 4.45. The van der Waals surface area contributed by atoms with Crippen LogP contribution >= 0.6 is 11.3 Å². The molecule has 3 aromatic heterocycles. The molecule has 4 aromatic rings. The lowest BCUT2D eigenvalue weighted by Crippen LogP contribution is -2.14. The van der Waals surface area contributed by atoms with Crippen molar-refractivity contribution < 1.29 is 8.42 Å². The molecule has 0 aliphatic carbocycles. The van der Waals surface area contributed by atoms with Gasteiger partial charge in [-0.25, -0.2) is 13.4 Å². The van der Waals surface area contributed by atoms with Gasteiger partial charge in [-0.1, -0.05) is 12.1 Å². The molecule has 7 nitrogen and oxygen atoms in total. The number of pyridine rings is 1. The van der Waals surface area contributed by atoms with Crippen LogP contribution in [0.2, 0.25) is 0 Å². The number of aromatic nitrogens is 4. The maximum atomic E-state index is 12.7. The summed E-state index contributed by atoms with van der Waals surface area (Å²) in [5, 5.41) is 5.97. The molecule has 0 aliphatic heterocycles. The number of para-hydroxylation sites is 1. The quantitative estimate of drug-likeness (QED) is 0.583. The number of hydrogen-bond donors (Lipinski definition) is 1. The maximum Gasteiger partial charge on any atom is 0.263 e. The molecule has 1 N–H and O–H groups in total. The van der Waals surface area contributed by atoms with E-state index in [1.807, 2.05) is 13.0 Å². The van der Waals surface area contributed by atoms with E-state index in [2.05, 4.69) is 19.8 Å². The number of sulfonamides is 1. The SMILES string of the molecule is Cc1ncc(-c2ccc(S(=O)(=O)Nc3cccc4cnn(C)c34)cn2)s1. The molecule has 0 unspecified atom stereocenters. The van der Waals surface area contributed by atoms with E-state index >= 15 is 0 Å². The summed E-state index contributed by atoms with van der Waals surface area (Å²) in [6.45, 7) is 1.91. The Morgan fingerprint density at radius 2 is 1.92 bits per heavy atom. The highest BCUT2D eigenvalue weighted by atomic mass is 32.2. The normalized spacial score (nSPS) is 11.8. The van der Waals surface area contributed by atoms with Crippen LogP contribution in [0.5, 0.6) is 0 Å². The number of aryl methyl sites for hydroxylation is 2. The van der Waals surface area contributed by atoms with E-state index in [0.717, 1.165) is 20.8 Å². The van der Waals surface area contributed by atoms with Gasteiger partial charge in [-0.3, -0.25) is 14.4 Å². The van der Waals surface area contributed by atoms with Crippen LogP contribution < -0.4 is 4.72 Å². The second kappa shape index (κ2) is 6.19. The average molecular weight is 385 g/mol. The Morgan fingerprint density at radius 3 is 2.62 bits per heavy atom. The lowest BCUT2D eigenvalue weighted by molar-refractivity contribution is 0.601. The maximum absolute atomic E-state index is 12.7. The van der Waals surface area contributed by atoms with Gasteiger partial charge in [0.1, 0.15) is 4.90 Å². The van der Waals surface area contributed by atoms with Crippen molar-refractivity contribution in [2.45, 2.75) is 11.8 Å². The minimum atomic E-state index is -3.76. The molecule has 9 heteroatoms. The zero-order chi connectivity index (χ0) is 18.3. The van der Waals surface area contributed by atoms with Crippen LogP contribution in [0, 0.1) is 6.92 Å². The van der Waals surface area contributed by atoms with Crippen molar-refractivity contribution >= 4 is 38.0 Å². The summed E-state index contributed by atoms with van der Waals surface area (Å²) in [6.07, 6.45) is 4.79. The van der Waals surface area contributed by atoms with Crippen molar-refractivity contribution in [2.24, 2.45) is 7.05 Å². The summed E-state index contributed by atoms with van der Waals surface area (Å²) in [4.78, 5) is 9.47. The number of nitrogens with one attached hydrogen (secondary N) is 1. The highest BCUT2D eigenvalue weighted by Crippen LogP contribution is 2.27. The Hall–Kier alpha value is -2.78. The first-order valence-electron chi connectivity index (χ1n) is 7.76. The van der Waals surface area contributed by atoms with Gasteiger partial charge in [0.05, 0.1) is 33.0 Å². The van der Waals surface area contributed by atoms with Crippen LogP contribution in [-0.2, 0) is 17.1 Å². The molecule has 0 aliphatic rings. The third kappa shape index (κ3) is 2.95. The number of nitrogens with zero attached hydrogens (tertiary/aromatic N) is 4. The van der Waals surface area contributed by atoms with Gasteiger partial charge in [0, 0.05) is 24.8 Å². The molecule has 0 amide bonds. The first kappa shape index (κ1) is 16.7. The minimum Gasteiger partial charge on any atom is -0.277 e. The molecule has 1 aromatic carbocycles. The summed E-state index contributed by atoms with van der Waals surface area (Å²) >= 11 is 1.51. The van der Waals surface area contributed by atoms with Crippen molar-refractivity contribution in [3.63, 3.8) is 0 Å². The zero-order valence-electron chi connectivity index (χ0n) is 14.0. The highest BCUT2D eigenvalue weighted by Gasteiger charge is 2.18. The fraction of sp³-hybridized carbons (Fsp3) is 0.118. The third-order valence-electron chi connectivity index (χ3n) is 3.93. The summed E-state index contributed by atoms with van der Waals surface area (Å²) in [5.41, 5.74) is 1.90. The van der Waals surface area contributed by atoms with Crippen LogP contribution in [0.25, 0.3) is 21.5 Å². The molecule has 0 bridgehead atoms. The highest BCUT2D eigenvalue weighted by molar-refractivity contribution is 7.92. The van der Waals surface area contributed by atoms with E-state index < -0.39 is 10.0 Å². The fourth-order valence-electron chi connectivity index (χ4n) is 2.68. The van der Waals surface area contributed by atoms with Gasteiger partial charge < -0.3 is 0 Å². The number of hydrogen-bond acceptors (Lipinski definition) is 6. The van der Waals surface area contributed by atoms with Crippen LogP contribution in [0.15, 0.2) is 53.8 Å². The Bertz CT molecular complexity index is 1190. The van der Waals surface area contributed by atoms with Gasteiger partial charge in [0.2, 0.25) is 0 Å². The predicted octanol–water partition coefficient (Wildman–Crippen LogP) is 3.20. The van der Waals surface area contributed by atoms with E-state index in [0.29, 0.717) is 11.4 Å². The van der Waals surface area contributed by atoms with E-state index in [1.165, 1.54) is 17.5 Å². The van der Waals surface area contributed by atoms with Crippen LogP contribution in [0.4, 0.5) is 5.69 Å². The largest absolute Gasteiger partial charge is 0.277 e. The topological polar surface area (TPSA) is 89.8 Å². The summed E-state index contributed by atoms with van der Waals surface area (Å²) < 4.78 is 29.7. The zero-order valence-corrected chi connectivity index (χ0v) is 15.7. The smallest absolute Gasteiger partial charge is 0.263 e. The predicted molar refractivity (Wildman–Crippen MR) is 102 cm³/mol. The van der Waals surface area contributed by atoms with Gasteiger partial charge in [-0.05, 0) is 25.1 Å². The van der Waals surface area contributed by atoms with Crippen LogP contribution in [0.3, 0.4) is 0 Å². The molecule has 0 atom stereocenters. The Morgan fingerprint density at radius 1 is 1.08 bits per heavy atom. The summed E-state index contributed by atoms with van der Waals surface area (Å²) in [5.74, 6) is 0. The molecular formula is C17H15N5O2S2. The molecule has 3 heterocycles. The van der Waals surface area contributed by atoms with Gasteiger partial charge >= 0.3 is 0 Å². The van der Waals surface area contributed by atoms with Crippen molar-refractivity contribution in [3.05, 3.63) is 53.9 Å². The molecule has 0 saturated carbocycles. The molecule has 0 saturated heterocycles. The van der Waals surface area contributed by atoms with E-state index in [4.69, 9.17) is 0 Å². The third-order valence-corrected chi connectivity index (χ3v) is 6.21. The first-order chi connectivity index (χ1) is 12.4. The standard InChI is InChI=1S/C17H15N5O2S2/c1-11-18-10-16(25-11)14-7-6-13(9-19-14)26(23,24)21-15-5-3-4-12-8-20-22(2)17(12)15/h3-10,21H,1-2H3. The van der Waals surface area contributed by atoms with Crippen molar-refractivity contribution in [2.75, 3.05) is 4.72 Å². The van der Waals surface area contributed by atoms with E-state index in [9.17, 15) is 8.42 Å². The molecule has 26 heavy (non-hydrogen) atoms. The number of thiazole rings is 1. The second-order valence-electron chi connectivity index (χ2n) is 5.74. The van der Waals surface area contributed by atoms with Gasteiger partial charge in [-0.15, -0.1) is 11.3 Å². The summed E-state index contributed by atoms with van der Waals surface area (Å²) in [7, 11) is -1.99. The number of anilines is 1. The molecule has 4 rings (SSSR count). The molecule has 132 valence electrons. The molecule has 0 radical (unpaired) electrons. The molecule has 0 spiro atoms. The second-order valence-corrected chi connectivity index (χ2v) is 8.66. The monoisotopic (exact) mass is 385 g/mol.